The van der Waals surface area contributed by atoms with Gasteiger partial charge in [0.1, 0.15) is 5.78 Å². The highest BCUT2D eigenvalue weighted by Gasteiger charge is 2.27. The molecule has 0 bridgehead atoms. The Hall–Kier alpha value is -0.370. The fourth-order valence-corrected chi connectivity index (χ4v) is 2.94. The molecule has 1 N–H and O–H groups in total. The Labute approximate surface area is 126 Å². The van der Waals surface area contributed by atoms with Crippen LogP contribution in [-0.2, 0) is 4.79 Å². The molecule has 2 nitrogen and oxygen atoms in total. The second-order valence-electron chi connectivity index (χ2n) is 6.61. The molecule has 1 fully saturated rings. The molecule has 0 radical (unpaired) electrons. The van der Waals surface area contributed by atoms with Gasteiger partial charge in [-0.2, -0.15) is 0 Å². The van der Waals surface area contributed by atoms with Crippen LogP contribution < -0.4 is 5.32 Å². The molecule has 0 aliphatic carbocycles. The number of hydrogen-bond donors (Lipinski definition) is 1. The number of Topliss-reactive ketones (excluding diaryl/α,β-unsaturated/α-hetero) is 1. The maximum absolute atomic E-state index is 12.0. The Bertz CT molecular complexity index is 248. The van der Waals surface area contributed by atoms with Crippen molar-refractivity contribution in [3.05, 3.63) is 0 Å². The van der Waals surface area contributed by atoms with Gasteiger partial charge in [-0.25, -0.2) is 0 Å². The van der Waals surface area contributed by atoms with E-state index >= 15 is 0 Å². The molecule has 118 valence electrons. The molecule has 1 aliphatic heterocycles. The topological polar surface area (TPSA) is 29.1 Å². The first kappa shape index (κ1) is 17.7. The Balaban J connectivity index is 1.83. The summed E-state index contributed by atoms with van der Waals surface area (Å²) in [6, 6.07) is 0. The molecule has 1 unspecified atom stereocenters. The zero-order chi connectivity index (χ0) is 14.6. The van der Waals surface area contributed by atoms with Gasteiger partial charge >= 0.3 is 0 Å². The van der Waals surface area contributed by atoms with Crippen LogP contribution in [0.3, 0.4) is 0 Å². The van der Waals surface area contributed by atoms with E-state index in [4.69, 9.17) is 0 Å². The predicted octanol–water partition coefficient (Wildman–Crippen LogP) is 4.72. The van der Waals surface area contributed by atoms with Crippen LogP contribution in [-0.4, -0.2) is 18.9 Å². The van der Waals surface area contributed by atoms with Crippen molar-refractivity contribution in [2.45, 2.75) is 84.5 Å². The first-order valence-corrected chi connectivity index (χ1v) is 8.99. The summed E-state index contributed by atoms with van der Waals surface area (Å²) in [6.45, 7) is 6.48. The molecule has 0 aromatic carbocycles. The second kappa shape index (κ2) is 11.3. The van der Waals surface area contributed by atoms with Gasteiger partial charge in [0.15, 0.2) is 0 Å². The molecule has 1 aliphatic rings. The van der Waals surface area contributed by atoms with Gasteiger partial charge in [0.2, 0.25) is 0 Å². The minimum atomic E-state index is 0.287. The first-order valence-electron chi connectivity index (χ1n) is 8.99. The molecule has 0 saturated carbocycles. The van der Waals surface area contributed by atoms with Crippen molar-refractivity contribution in [1.82, 2.24) is 5.32 Å². The molecule has 0 aromatic heterocycles. The fourth-order valence-electron chi connectivity index (χ4n) is 2.94. The van der Waals surface area contributed by atoms with Crippen molar-refractivity contribution in [2.24, 2.45) is 11.8 Å². The van der Waals surface area contributed by atoms with Crippen LogP contribution in [0.5, 0.6) is 0 Å². The number of carbonyl (C=O) groups excluding carboxylic acids is 1. The quantitative estimate of drug-likeness (QED) is 0.495. The number of rotatable bonds is 13. The maximum Gasteiger partial charge on any atom is 0.136 e. The summed E-state index contributed by atoms with van der Waals surface area (Å²) in [6.07, 6.45) is 14.2. The van der Waals surface area contributed by atoms with Crippen LogP contribution in [0.15, 0.2) is 0 Å². The summed E-state index contributed by atoms with van der Waals surface area (Å²) in [5.41, 5.74) is 0. The normalized spacial score (nSPS) is 16.9. The standard InChI is InChI=1S/C18H35NO/c1-3-4-5-6-7-8-9-10-11-12-13-18(20)16(2)17-14-19-15-17/h16-17,19H,3-15H2,1-2H3. The van der Waals surface area contributed by atoms with Gasteiger partial charge in [-0.05, 0) is 25.4 Å². The van der Waals surface area contributed by atoms with E-state index < -0.39 is 0 Å². The van der Waals surface area contributed by atoms with Crippen LogP contribution in [0.1, 0.15) is 84.5 Å². The van der Waals surface area contributed by atoms with Crippen LogP contribution in [0, 0.1) is 11.8 Å². The summed E-state index contributed by atoms with van der Waals surface area (Å²) in [7, 11) is 0. The van der Waals surface area contributed by atoms with E-state index in [1.54, 1.807) is 0 Å². The largest absolute Gasteiger partial charge is 0.316 e. The van der Waals surface area contributed by atoms with E-state index in [1.165, 1.54) is 57.8 Å². The maximum atomic E-state index is 12.0. The van der Waals surface area contributed by atoms with E-state index in [0.29, 0.717) is 11.7 Å². The first-order chi connectivity index (χ1) is 9.75. The highest BCUT2D eigenvalue weighted by Crippen LogP contribution is 2.19. The average Bonchev–Trinajstić information content (AvgIpc) is 2.38. The number of unbranched alkanes of at least 4 members (excludes halogenated alkanes) is 9. The molecular weight excluding hydrogens is 246 g/mol. The van der Waals surface area contributed by atoms with Crippen molar-refractivity contribution in [2.75, 3.05) is 13.1 Å². The molecule has 0 spiro atoms. The van der Waals surface area contributed by atoms with E-state index in [-0.39, 0.29) is 5.92 Å². The Morgan fingerprint density at radius 3 is 1.90 bits per heavy atom. The SMILES string of the molecule is CCCCCCCCCCCCC(=O)C(C)C1CNC1. The second-order valence-corrected chi connectivity index (χ2v) is 6.61. The molecule has 0 aromatic rings. The number of ketones is 1. The van der Waals surface area contributed by atoms with Crippen molar-refractivity contribution < 1.29 is 4.79 Å². The predicted molar refractivity (Wildman–Crippen MR) is 87.0 cm³/mol. The van der Waals surface area contributed by atoms with E-state index in [2.05, 4.69) is 19.2 Å². The number of carbonyl (C=O) groups is 1. The third-order valence-electron chi connectivity index (χ3n) is 4.80. The number of nitrogens with one attached hydrogen (secondary N) is 1. The van der Waals surface area contributed by atoms with Gasteiger partial charge in [0.05, 0.1) is 0 Å². The molecule has 2 heteroatoms. The van der Waals surface area contributed by atoms with Crippen molar-refractivity contribution in [1.29, 1.82) is 0 Å². The van der Waals surface area contributed by atoms with Gasteiger partial charge < -0.3 is 5.32 Å². The smallest absolute Gasteiger partial charge is 0.136 e. The highest BCUT2D eigenvalue weighted by molar-refractivity contribution is 5.81. The molecule has 1 saturated heterocycles. The van der Waals surface area contributed by atoms with Gasteiger partial charge in [-0.3, -0.25) is 4.79 Å². The zero-order valence-corrected chi connectivity index (χ0v) is 13.8. The lowest BCUT2D eigenvalue weighted by Crippen LogP contribution is -2.47. The van der Waals surface area contributed by atoms with Gasteiger partial charge in [-0.15, -0.1) is 0 Å². The summed E-state index contributed by atoms with van der Waals surface area (Å²) < 4.78 is 0. The monoisotopic (exact) mass is 281 g/mol. The lowest BCUT2D eigenvalue weighted by Gasteiger charge is -2.31. The molecule has 20 heavy (non-hydrogen) atoms. The summed E-state index contributed by atoms with van der Waals surface area (Å²) in [5.74, 6) is 1.40. The van der Waals surface area contributed by atoms with Crippen molar-refractivity contribution in [3.63, 3.8) is 0 Å². The Morgan fingerprint density at radius 1 is 0.950 bits per heavy atom. The molecule has 1 heterocycles. The molecule has 0 amide bonds. The van der Waals surface area contributed by atoms with Crippen LogP contribution in [0.4, 0.5) is 0 Å². The lowest BCUT2D eigenvalue weighted by atomic mass is 9.84. The summed E-state index contributed by atoms with van der Waals surface area (Å²) in [5, 5.41) is 3.25. The minimum Gasteiger partial charge on any atom is -0.316 e. The zero-order valence-electron chi connectivity index (χ0n) is 13.8. The third-order valence-corrected chi connectivity index (χ3v) is 4.80. The van der Waals surface area contributed by atoms with E-state index in [1.807, 2.05) is 0 Å². The van der Waals surface area contributed by atoms with Gasteiger partial charge in [-0.1, -0.05) is 71.6 Å². The molecular formula is C18H35NO. The highest BCUT2D eigenvalue weighted by atomic mass is 16.1. The van der Waals surface area contributed by atoms with Crippen LogP contribution in [0.25, 0.3) is 0 Å². The van der Waals surface area contributed by atoms with Crippen molar-refractivity contribution >= 4 is 5.78 Å². The van der Waals surface area contributed by atoms with Gasteiger partial charge in [0.25, 0.3) is 0 Å². The number of hydrogen-bond acceptors (Lipinski definition) is 2. The molecule has 1 atom stereocenters. The van der Waals surface area contributed by atoms with Gasteiger partial charge in [0, 0.05) is 12.3 Å². The molecule has 1 rings (SSSR count). The Kier molecular flexibility index (Phi) is 10.00. The summed E-state index contributed by atoms with van der Waals surface area (Å²) >= 11 is 0. The average molecular weight is 281 g/mol. The third kappa shape index (κ3) is 7.42. The van der Waals surface area contributed by atoms with Crippen LogP contribution >= 0.6 is 0 Å². The van der Waals surface area contributed by atoms with E-state index in [9.17, 15) is 4.79 Å². The minimum absolute atomic E-state index is 0.287. The van der Waals surface area contributed by atoms with Crippen LogP contribution in [0.2, 0.25) is 0 Å². The Morgan fingerprint density at radius 2 is 1.45 bits per heavy atom. The fraction of sp³-hybridized carbons (Fsp3) is 0.944. The summed E-state index contributed by atoms with van der Waals surface area (Å²) in [4.78, 5) is 12.0. The van der Waals surface area contributed by atoms with Crippen molar-refractivity contribution in [3.8, 4) is 0 Å². The lowest BCUT2D eigenvalue weighted by molar-refractivity contribution is -0.124. The van der Waals surface area contributed by atoms with E-state index in [0.717, 1.165) is 25.9 Å².